The van der Waals surface area contributed by atoms with E-state index in [1.54, 1.807) is 0 Å². The van der Waals surface area contributed by atoms with Crippen LogP contribution in [0.3, 0.4) is 0 Å². The van der Waals surface area contributed by atoms with Crippen molar-refractivity contribution in [2.45, 2.75) is 25.7 Å². The zero-order chi connectivity index (χ0) is 11.5. The zero-order valence-corrected chi connectivity index (χ0v) is 11.8. The second-order valence-corrected chi connectivity index (χ2v) is 10.1. The molecule has 80 valence electrons. The quantitative estimate of drug-likeness (QED) is 0.619. The van der Waals surface area contributed by atoms with Crippen LogP contribution >= 0.6 is 15.9 Å². The Morgan fingerprint density at radius 1 is 1.20 bits per heavy atom. The Labute approximate surface area is 101 Å². The molecule has 0 unspecified atom stereocenters. The van der Waals surface area contributed by atoms with Crippen molar-refractivity contribution in [3.8, 4) is 11.5 Å². The van der Waals surface area contributed by atoms with Crippen LogP contribution in [0.15, 0.2) is 28.7 Å². The van der Waals surface area contributed by atoms with Crippen molar-refractivity contribution in [2.24, 2.45) is 0 Å². The lowest BCUT2D eigenvalue weighted by Gasteiger charge is -2.07. The third-order valence-electron chi connectivity index (χ3n) is 1.77. The summed E-state index contributed by atoms with van der Waals surface area (Å²) in [5, 5.41) is 9.81. The highest BCUT2D eigenvalue weighted by Crippen LogP contribution is 2.16. The molecule has 1 rings (SSSR count). The molecule has 1 N–H and O–H groups in total. The minimum Gasteiger partial charge on any atom is -0.376 e. The first-order chi connectivity index (χ1) is 6.88. The number of hydrogen-bond donors (Lipinski definition) is 1. The van der Waals surface area contributed by atoms with Gasteiger partial charge in [0, 0.05) is 4.47 Å². The topological polar surface area (TPSA) is 20.2 Å². The molecular formula is C12H15BrOSi. The fourth-order valence-corrected chi connectivity index (χ4v) is 1.85. The molecule has 0 bridgehead atoms. The fraction of sp³-hybridized carbons (Fsp3) is 0.333. The molecule has 15 heavy (non-hydrogen) atoms. The van der Waals surface area contributed by atoms with Crippen molar-refractivity contribution in [3.05, 3.63) is 34.3 Å². The number of aliphatic hydroxyl groups is 1. The summed E-state index contributed by atoms with van der Waals surface area (Å²) in [6.07, 6.45) is -0.662. The van der Waals surface area contributed by atoms with Crippen molar-refractivity contribution < 1.29 is 5.11 Å². The van der Waals surface area contributed by atoms with E-state index in [9.17, 15) is 5.11 Å². The van der Waals surface area contributed by atoms with Crippen LogP contribution in [0.1, 0.15) is 11.7 Å². The maximum Gasteiger partial charge on any atom is 0.139 e. The Morgan fingerprint density at radius 2 is 1.73 bits per heavy atom. The first-order valence-corrected chi connectivity index (χ1v) is 9.14. The van der Waals surface area contributed by atoms with E-state index < -0.39 is 14.2 Å². The summed E-state index contributed by atoms with van der Waals surface area (Å²) >= 11 is 3.35. The lowest BCUT2D eigenvalue weighted by atomic mass is 10.1. The number of rotatable bonds is 1. The predicted octanol–water partition coefficient (Wildman–Crippen LogP) is 3.36. The number of aliphatic hydroxyl groups excluding tert-OH is 1. The van der Waals surface area contributed by atoms with Gasteiger partial charge < -0.3 is 5.11 Å². The van der Waals surface area contributed by atoms with E-state index in [0.29, 0.717) is 0 Å². The van der Waals surface area contributed by atoms with Crippen LogP contribution in [-0.2, 0) is 0 Å². The number of halogens is 1. The number of hydrogen-bond acceptors (Lipinski definition) is 1. The minimum absolute atomic E-state index is 0.662. The molecule has 1 aromatic rings. The number of benzene rings is 1. The largest absolute Gasteiger partial charge is 0.376 e. The van der Waals surface area contributed by atoms with Gasteiger partial charge in [-0.25, -0.2) is 0 Å². The highest BCUT2D eigenvalue weighted by Gasteiger charge is 2.09. The van der Waals surface area contributed by atoms with Gasteiger partial charge in [-0.15, -0.1) is 5.54 Å². The van der Waals surface area contributed by atoms with Crippen LogP contribution < -0.4 is 0 Å². The Kier molecular flexibility index (Phi) is 4.15. The zero-order valence-electron chi connectivity index (χ0n) is 9.21. The third-order valence-corrected chi connectivity index (χ3v) is 3.19. The molecule has 0 aliphatic heterocycles. The molecule has 0 saturated heterocycles. The molecule has 0 fully saturated rings. The standard InChI is InChI=1S/C12H15BrOSi/c1-15(2,3)9-8-12(14)10-4-6-11(13)7-5-10/h4-7,12,14H,1-3H3/t12-/m1/s1. The van der Waals surface area contributed by atoms with Gasteiger partial charge in [0.25, 0.3) is 0 Å². The van der Waals surface area contributed by atoms with Crippen molar-refractivity contribution in [1.82, 2.24) is 0 Å². The van der Waals surface area contributed by atoms with Crippen molar-refractivity contribution in [3.63, 3.8) is 0 Å². The molecule has 0 spiro atoms. The van der Waals surface area contributed by atoms with Crippen molar-refractivity contribution >= 4 is 24.0 Å². The minimum atomic E-state index is -1.39. The molecule has 0 aromatic heterocycles. The van der Waals surface area contributed by atoms with Crippen LogP contribution in [0.25, 0.3) is 0 Å². The molecule has 0 radical (unpaired) electrons. The molecule has 1 nitrogen and oxygen atoms in total. The smallest absolute Gasteiger partial charge is 0.139 e. The van der Waals surface area contributed by atoms with E-state index in [-0.39, 0.29) is 0 Å². The molecule has 0 saturated carbocycles. The van der Waals surface area contributed by atoms with E-state index >= 15 is 0 Å². The summed E-state index contributed by atoms with van der Waals surface area (Å²) in [5.41, 5.74) is 4.01. The van der Waals surface area contributed by atoms with E-state index in [0.717, 1.165) is 10.0 Å². The van der Waals surface area contributed by atoms with E-state index in [4.69, 9.17) is 0 Å². The molecule has 1 atom stereocenters. The Hall–Kier alpha value is -0.563. The summed E-state index contributed by atoms with van der Waals surface area (Å²) in [5.74, 6) is 2.91. The SMILES string of the molecule is C[Si](C)(C)C#C[C@@H](O)c1ccc(Br)cc1. The van der Waals surface area contributed by atoms with E-state index in [1.807, 2.05) is 24.3 Å². The Bertz CT molecular complexity index is 381. The van der Waals surface area contributed by atoms with Gasteiger partial charge in [-0.1, -0.05) is 53.6 Å². The van der Waals surface area contributed by atoms with Crippen LogP contribution in [0, 0.1) is 11.5 Å². The lowest BCUT2D eigenvalue weighted by Crippen LogP contribution is -2.16. The highest BCUT2D eigenvalue weighted by atomic mass is 79.9. The summed E-state index contributed by atoms with van der Waals surface area (Å²) in [4.78, 5) is 0. The van der Waals surface area contributed by atoms with Gasteiger partial charge in [-0.3, -0.25) is 0 Å². The maximum absolute atomic E-state index is 9.81. The summed E-state index contributed by atoms with van der Waals surface area (Å²) in [6.45, 7) is 6.48. The van der Waals surface area contributed by atoms with Crippen LogP contribution in [0.5, 0.6) is 0 Å². The van der Waals surface area contributed by atoms with Crippen LogP contribution in [-0.4, -0.2) is 13.2 Å². The van der Waals surface area contributed by atoms with Gasteiger partial charge in [0.2, 0.25) is 0 Å². The normalized spacial score (nSPS) is 12.9. The third kappa shape index (κ3) is 4.65. The maximum atomic E-state index is 9.81. The highest BCUT2D eigenvalue weighted by molar-refractivity contribution is 9.10. The summed E-state index contributed by atoms with van der Waals surface area (Å²) in [7, 11) is -1.39. The van der Waals surface area contributed by atoms with Gasteiger partial charge >= 0.3 is 0 Å². The second kappa shape index (κ2) is 4.98. The molecule has 1 aromatic carbocycles. The second-order valence-electron chi connectivity index (χ2n) is 4.47. The molecular weight excluding hydrogens is 268 g/mol. The van der Waals surface area contributed by atoms with Gasteiger partial charge in [0.05, 0.1) is 0 Å². The lowest BCUT2D eigenvalue weighted by molar-refractivity contribution is 0.238. The summed E-state index contributed by atoms with van der Waals surface area (Å²) in [6, 6.07) is 7.59. The van der Waals surface area contributed by atoms with Gasteiger partial charge in [-0.05, 0) is 17.7 Å². The molecule has 0 heterocycles. The fourth-order valence-electron chi connectivity index (χ4n) is 1.01. The molecule has 0 aliphatic rings. The predicted molar refractivity (Wildman–Crippen MR) is 70.2 cm³/mol. The Morgan fingerprint density at radius 3 is 2.20 bits per heavy atom. The first-order valence-electron chi connectivity index (χ1n) is 4.85. The summed E-state index contributed by atoms with van der Waals surface area (Å²) < 4.78 is 1.01. The molecule has 0 amide bonds. The van der Waals surface area contributed by atoms with Crippen LogP contribution in [0.2, 0.25) is 19.6 Å². The first kappa shape index (κ1) is 12.5. The molecule has 0 aliphatic carbocycles. The molecule has 3 heteroatoms. The van der Waals surface area contributed by atoms with Gasteiger partial charge in [-0.2, -0.15) is 0 Å². The van der Waals surface area contributed by atoms with Gasteiger partial charge in [0.1, 0.15) is 14.2 Å². The average molecular weight is 283 g/mol. The van der Waals surface area contributed by atoms with Crippen molar-refractivity contribution in [2.75, 3.05) is 0 Å². The van der Waals surface area contributed by atoms with Gasteiger partial charge in [0.15, 0.2) is 0 Å². The van der Waals surface area contributed by atoms with E-state index in [2.05, 4.69) is 47.0 Å². The van der Waals surface area contributed by atoms with E-state index in [1.165, 1.54) is 0 Å². The van der Waals surface area contributed by atoms with Crippen LogP contribution in [0.4, 0.5) is 0 Å². The Balaban J connectivity index is 2.80. The monoisotopic (exact) mass is 282 g/mol. The average Bonchev–Trinajstić information content (AvgIpc) is 2.14. The van der Waals surface area contributed by atoms with Crippen molar-refractivity contribution in [1.29, 1.82) is 0 Å².